The minimum absolute atomic E-state index is 0.245. The number of rotatable bonds is 3. The van der Waals surface area contributed by atoms with E-state index in [0.717, 1.165) is 31.8 Å². The van der Waals surface area contributed by atoms with Gasteiger partial charge in [0.25, 0.3) is 0 Å². The summed E-state index contributed by atoms with van der Waals surface area (Å²) < 4.78 is 5.34. The molecule has 2 fully saturated rings. The summed E-state index contributed by atoms with van der Waals surface area (Å²) in [4.78, 5) is 15.0. The predicted molar refractivity (Wildman–Crippen MR) is 78.3 cm³/mol. The van der Waals surface area contributed by atoms with E-state index in [0.29, 0.717) is 31.2 Å². The first-order valence-electron chi connectivity index (χ1n) is 7.21. The number of halogens is 1. The third kappa shape index (κ3) is 3.30. The molecule has 0 aromatic carbocycles. The van der Waals surface area contributed by atoms with Gasteiger partial charge in [-0.05, 0) is 36.8 Å². The molecular formula is C13H20ClN5O. The second kappa shape index (κ2) is 6.10. The van der Waals surface area contributed by atoms with E-state index in [1.54, 1.807) is 0 Å². The van der Waals surface area contributed by atoms with E-state index in [2.05, 4.69) is 32.1 Å². The lowest BCUT2D eigenvalue weighted by atomic mass is 10.1. The van der Waals surface area contributed by atoms with Crippen LogP contribution in [0.4, 0.5) is 11.9 Å². The number of aromatic nitrogens is 3. The van der Waals surface area contributed by atoms with Crippen LogP contribution in [0.25, 0.3) is 0 Å². The van der Waals surface area contributed by atoms with Crippen molar-refractivity contribution in [2.75, 3.05) is 36.5 Å². The fourth-order valence-electron chi connectivity index (χ4n) is 2.83. The van der Waals surface area contributed by atoms with E-state index in [1.165, 1.54) is 6.42 Å². The molecule has 3 rings (SSSR count). The highest BCUT2D eigenvalue weighted by atomic mass is 35.5. The molecule has 2 heterocycles. The van der Waals surface area contributed by atoms with Gasteiger partial charge in [-0.2, -0.15) is 15.0 Å². The predicted octanol–water partition coefficient (Wildman–Crippen LogP) is 1.96. The maximum Gasteiger partial charge on any atom is 0.231 e. The summed E-state index contributed by atoms with van der Waals surface area (Å²) >= 11 is 6.02. The summed E-state index contributed by atoms with van der Waals surface area (Å²) in [5, 5.41) is 3.63. The van der Waals surface area contributed by atoms with Gasteiger partial charge in [0.15, 0.2) is 0 Å². The van der Waals surface area contributed by atoms with E-state index >= 15 is 0 Å². The topological polar surface area (TPSA) is 63.2 Å². The van der Waals surface area contributed by atoms with Crippen LogP contribution < -0.4 is 10.2 Å². The molecule has 6 nitrogen and oxygen atoms in total. The minimum atomic E-state index is 0.245. The van der Waals surface area contributed by atoms with Crippen LogP contribution in [0.3, 0.4) is 0 Å². The fourth-order valence-corrected chi connectivity index (χ4v) is 2.99. The molecule has 0 spiro atoms. The maximum absolute atomic E-state index is 6.02. The van der Waals surface area contributed by atoms with Gasteiger partial charge in [-0.15, -0.1) is 0 Å². The third-order valence-electron chi connectivity index (χ3n) is 3.92. The summed E-state index contributed by atoms with van der Waals surface area (Å²) in [7, 11) is 0. The molecule has 1 N–H and O–H groups in total. The summed E-state index contributed by atoms with van der Waals surface area (Å²) in [6, 6.07) is 0.445. The Bertz CT molecular complexity index is 466. The Labute approximate surface area is 123 Å². The van der Waals surface area contributed by atoms with Gasteiger partial charge in [0.1, 0.15) is 0 Å². The molecule has 0 radical (unpaired) electrons. The molecule has 20 heavy (non-hydrogen) atoms. The molecular weight excluding hydrogens is 278 g/mol. The molecule has 1 aromatic rings. The standard InChI is InChI=1S/C13H20ClN5O/c1-9-2-3-10(8-9)15-12-16-11(14)17-13(18-12)19-4-6-20-7-5-19/h9-10H,2-8H2,1H3,(H,15,16,17,18). The van der Waals surface area contributed by atoms with Gasteiger partial charge >= 0.3 is 0 Å². The molecule has 7 heteroatoms. The van der Waals surface area contributed by atoms with Crippen molar-refractivity contribution in [1.29, 1.82) is 0 Å². The van der Waals surface area contributed by atoms with Crippen molar-refractivity contribution in [1.82, 2.24) is 15.0 Å². The van der Waals surface area contributed by atoms with Crippen molar-refractivity contribution in [2.45, 2.75) is 32.2 Å². The van der Waals surface area contributed by atoms with Crippen LogP contribution in [0.2, 0.25) is 5.28 Å². The Morgan fingerprint density at radius 1 is 1.20 bits per heavy atom. The van der Waals surface area contributed by atoms with Crippen molar-refractivity contribution in [3.8, 4) is 0 Å². The molecule has 110 valence electrons. The van der Waals surface area contributed by atoms with Crippen LogP contribution in [0.15, 0.2) is 0 Å². The lowest BCUT2D eigenvalue weighted by Crippen LogP contribution is -2.37. The number of anilines is 2. The molecule has 2 unspecified atom stereocenters. The summed E-state index contributed by atoms with van der Waals surface area (Å²) in [6.45, 7) is 5.26. The molecule has 1 aliphatic heterocycles. The smallest absolute Gasteiger partial charge is 0.231 e. The van der Waals surface area contributed by atoms with E-state index in [9.17, 15) is 0 Å². The van der Waals surface area contributed by atoms with Crippen LogP contribution in [0.1, 0.15) is 26.2 Å². The van der Waals surface area contributed by atoms with E-state index in [1.807, 2.05) is 0 Å². The van der Waals surface area contributed by atoms with E-state index < -0.39 is 0 Å². The van der Waals surface area contributed by atoms with Gasteiger partial charge in [0.05, 0.1) is 13.2 Å². The van der Waals surface area contributed by atoms with Crippen LogP contribution in [0, 0.1) is 5.92 Å². The Morgan fingerprint density at radius 3 is 2.70 bits per heavy atom. The van der Waals surface area contributed by atoms with Crippen LogP contribution in [-0.4, -0.2) is 47.3 Å². The molecule has 1 aliphatic carbocycles. The Hall–Kier alpha value is -1.14. The Morgan fingerprint density at radius 2 is 2.00 bits per heavy atom. The number of hydrogen-bond acceptors (Lipinski definition) is 6. The maximum atomic E-state index is 6.02. The third-order valence-corrected chi connectivity index (χ3v) is 4.09. The SMILES string of the molecule is CC1CCC(Nc2nc(Cl)nc(N3CCOCC3)n2)C1. The molecule has 1 saturated heterocycles. The van der Waals surface area contributed by atoms with Crippen LogP contribution >= 0.6 is 11.6 Å². The molecule has 2 aliphatic rings. The monoisotopic (exact) mass is 297 g/mol. The largest absolute Gasteiger partial charge is 0.378 e. The zero-order valence-corrected chi connectivity index (χ0v) is 12.4. The number of nitrogens with zero attached hydrogens (tertiary/aromatic N) is 4. The van der Waals surface area contributed by atoms with Crippen molar-refractivity contribution >= 4 is 23.5 Å². The zero-order chi connectivity index (χ0) is 13.9. The zero-order valence-electron chi connectivity index (χ0n) is 11.7. The van der Waals surface area contributed by atoms with Gasteiger partial charge in [-0.3, -0.25) is 0 Å². The lowest BCUT2D eigenvalue weighted by molar-refractivity contribution is 0.122. The van der Waals surface area contributed by atoms with E-state index in [4.69, 9.17) is 16.3 Å². The first-order chi connectivity index (χ1) is 9.70. The van der Waals surface area contributed by atoms with Gasteiger partial charge in [0.2, 0.25) is 17.2 Å². The van der Waals surface area contributed by atoms with Gasteiger partial charge < -0.3 is 15.0 Å². The number of hydrogen-bond donors (Lipinski definition) is 1. The van der Waals surface area contributed by atoms with Gasteiger partial charge in [-0.25, -0.2) is 0 Å². The Kier molecular flexibility index (Phi) is 4.21. The first kappa shape index (κ1) is 13.8. The Balaban J connectivity index is 1.72. The van der Waals surface area contributed by atoms with Crippen molar-refractivity contribution in [3.63, 3.8) is 0 Å². The summed E-state index contributed by atoms with van der Waals surface area (Å²) in [6.07, 6.45) is 3.58. The fraction of sp³-hybridized carbons (Fsp3) is 0.769. The van der Waals surface area contributed by atoms with Gasteiger partial charge in [0, 0.05) is 19.1 Å². The molecule has 1 saturated carbocycles. The minimum Gasteiger partial charge on any atom is -0.378 e. The van der Waals surface area contributed by atoms with Crippen LogP contribution in [0.5, 0.6) is 0 Å². The van der Waals surface area contributed by atoms with Crippen LogP contribution in [-0.2, 0) is 4.74 Å². The van der Waals surface area contributed by atoms with Gasteiger partial charge in [-0.1, -0.05) is 6.92 Å². The average molecular weight is 298 g/mol. The molecule has 1 aromatic heterocycles. The number of morpholine rings is 1. The quantitative estimate of drug-likeness (QED) is 0.920. The first-order valence-corrected chi connectivity index (χ1v) is 7.59. The summed E-state index contributed by atoms with van der Waals surface area (Å²) in [5.74, 6) is 2.00. The molecule has 0 amide bonds. The average Bonchev–Trinajstić information content (AvgIpc) is 2.84. The highest BCUT2D eigenvalue weighted by Gasteiger charge is 2.23. The summed E-state index contributed by atoms with van der Waals surface area (Å²) in [5.41, 5.74) is 0. The second-order valence-electron chi connectivity index (χ2n) is 5.59. The van der Waals surface area contributed by atoms with Crippen molar-refractivity contribution in [3.05, 3.63) is 5.28 Å². The second-order valence-corrected chi connectivity index (χ2v) is 5.93. The molecule has 2 atom stereocenters. The highest BCUT2D eigenvalue weighted by molar-refractivity contribution is 6.28. The number of nitrogens with one attached hydrogen (secondary N) is 1. The lowest BCUT2D eigenvalue weighted by Gasteiger charge is -2.27. The highest BCUT2D eigenvalue weighted by Crippen LogP contribution is 2.27. The number of ether oxygens (including phenoxy) is 1. The van der Waals surface area contributed by atoms with E-state index in [-0.39, 0.29) is 5.28 Å². The molecule has 0 bridgehead atoms. The van der Waals surface area contributed by atoms with Crippen molar-refractivity contribution in [2.24, 2.45) is 5.92 Å². The normalized spacial score (nSPS) is 26.8. The van der Waals surface area contributed by atoms with Crippen molar-refractivity contribution < 1.29 is 4.74 Å².